The van der Waals surface area contributed by atoms with Gasteiger partial charge in [-0.1, -0.05) is 70.6 Å². The second-order valence-electron chi connectivity index (χ2n) is 6.14. The van der Waals surface area contributed by atoms with Crippen LogP contribution in [-0.2, 0) is 14.3 Å². The summed E-state index contributed by atoms with van der Waals surface area (Å²) in [4.78, 5) is 22.0. The standard InChI is InChI=1S/C19H30O4.C2H6/c20-18(21)14-10-5-3-1-2-4-6-11-15-19(22)23-16-17-12-8-7-9-13-17;1-2/h8,12-13H,1-7,9-11,14-16H2,(H,20,21);1-2H3. The highest BCUT2D eigenvalue weighted by atomic mass is 16.5. The van der Waals surface area contributed by atoms with Crippen LogP contribution in [0.15, 0.2) is 23.8 Å². The van der Waals surface area contributed by atoms with Gasteiger partial charge in [0.25, 0.3) is 0 Å². The van der Waals surface area contributed by atoms with Crippen LogP contribution in [0.5, 0.6) is 0 Å². The molecule has 0 saturated carbocycles. The third-order valence-electron chi connectivity index (χ3n) is 3.99. The zero-order valence-corrected chi connectivity index (χ0v) is 16.1. The second kappa shape index (κ2) is 17.2. The SMILES string of the molecule is CC.O=C(O)CCCCCCCCCCC(=O)OCC1=CCCC=C1. The molecular formula is C21H36O4. The lowest BCUT2D eigenvalue weighted by Crippen LogP contribution is -2.07. The summed E-state index contributed by atoms with van der Waals surface area (Å²) in [6.07, 6.45) is 17.5. The molecular weight excluding hydrogens is 316 g/mol. The summed E-state index contributed by atoms with van der Waals surface area (Å²) in [5.41, 5.74) is 1.10. The Morgan fingerprint density at radius 2 is 1.48 bits per heavy atom. The van der Waals surface area contributed by atoms with Gasteiger partial charge in [-0.3, -0.25) is 9.59 Å². The van der Waals surface area contributed by atoms with Crippen molar-refractivity contribution in [3.8, 4) is 0 Å². The molecule has 0 saturated heterocycles. The number of esters is 1. The third-order valence-corrected chi connectivity index (χ3v) is 3.99. The van der Waals surface area contributed by atoms with Gasteiger partial charge in [0.05, 0.1) is 0 Å². The highest BCUT2D eigenvalue weighted by molar-refractivity contribution is 5.69. The van der Waals surface area contributed by atoms with Crippen LogP contribution in [0.25, 0.3) is 0 Å². The molecule has 0 radical (unpaired) electrons. The van der Waals surface area contributed by atoms with Crippen LogP contribution in [-0.4, -0.2) is 23.7 Å². The molecule has 0 fully saturated rings. The quantitative estimate of drug-likeness (QED) is 0.335. The third kappa shape index (κ3) is 15.7. The number of carbonyl (C=O) groups excluding carboxylic acids is 1. The minimum Gasteiger partial charge on any atom is -0.481 e. The predicted molar refractivity (Wildman–Crippen MR) is 103 cm³/mol. The first-order valence-electron chi connectivity index (χ1n) is 9.91. The van der Waals surface area contributed by atoms with Crippen LogP contribution in [0.2, 0.25) is 0 Å². The lowest BCUT2D eigenvalue weighted by Gasteiger charge is -2.08. The maximum atomic E-state index is 11.6. The van der Waals surface area contributed by atoms with Crippen molar-refractivity contribution in [3.05, 3.63) is 23.8 Å². The van der Waals surface area contributed by atoms with E-state index >= 15 is 0 Å². The van der Waals surface area contributed by atoms with Crippen LogP contribution >= 0.6 is 0 Å². The zero-order chi connectivity index (χ0) is 18.8. The average molecular weight is 353 g/mol. The minimum absolute atomic E-state index is 0.0986. The summed E-state index contributed by atoms with van der Waals surface area (Å²) in [6.45, 7) is 4.41. The first-order valence-corrected chi connectivity index (χ1v) is 9.91. The molecule has 144 valence electrons. The van der Waals surface area contributed by atoms with Crippen molar-refractivity contribution >= 4 is 11.9 Å². The Morgan fingerprint density at radius 3 is 2.00 bits per heavy atom. The molecule has 1 aliphatic rings. The van der Waals surface area contributed by atoms with Gasteiger partial charge in [0, 0.05) is 12.8 Å². The normalized spacial score (nSPS) is 12.8. The number of unbranched alkanes of at least 4 members (excludes halogenated alkanes) is 7. The fraction of sp³-hybridized carbons (Fsp3) is 0.714. The van der Waals surface area contributed by atoms with Crippen LogP contribution < -0.4 is 0 Å². The Balaban J connectivity index is 0.00000277. The number of rotatable bonds is 13. The first kappa shape index (κ1) is 23.4. The number of hydrogen-bond acceptors (Lipinski definition) is 3. The highest BCUT2D eigenvalue weighted by Gasteiger charge is 2.05. The van der Waals surface area contributed by atoms with E-state index in [0.29, 0.717) is 13.0 Å². The Bertz CT molecular complexity index is 410. The van der Waals surface area contributed by atoms with Gasteiger partial charge in [-0.25, -0.2) is 0 Å². The summed E-state index contributed by atoms with van der Waals surface area (Å²) >= 11 is 0. The summed E-state index contributed by atoms with van der Waals surface area (Å²) in [5, 5.41) is 8.53. The van der Waals surface area contributed by atoms with Gasteiger partial charge in [-0.2, -0.15) is 0 Å². The number of carbonyl (C=O) groups is 2. The van der Waals surface area contributed by atoms with E-state index in [0.717, 1.165) is 63.4 Å². The Morgan fingerprint density at radius 1 is 0.920 bits per heavy atom. The van der Waals surface area contributed by atoms with E-state index in [1.807, 2.05) is 19.9 Å². The zero-order valence-electron chi connectivity index (χ0n) is 16.1. The van der Waals surface area contributed by atoms with Gasteiger partial charge in [0.15, 0.2) is 0 Å². The summed E-state index contributed by atoms with van der Waals surface area (Å²) in [7, 11) is 0. The molecule has 4 nitrogen and oxygen atoms in total. The molecule has 1 N–H and O–H groups in total. The molecule has 0 aromatic heterocycles. The van der Waals surface area contributed by atoms with Crippen molar-refractivity contribution in [1.29, 1.82) is 0 Å². The van der Waals surface area contributed by atoms with E-state index in [1.165, 1.54) is 6.42 Å². The smallest absolute Gasteiger partial charge is 0.306 e. The molecule has 0 amide bonds. The molecule has 0 aromatic rings. The van der Waals surface area contributed by atoms with E-state index in [1.54, 1.807) is 0 Å². The monoisotopic (exact) mass is 352 g/mol. The fourth-order valence-corrected chi connectivity index (χ4v) is 2.62. The molecule has 25 heavy (non-hydrogen) atoms. The minimum atomic E-state index is -0.701. The Labute approximate surface area is 153 Å². The molecule has 0 unspecified atom stereocenters. The topological polar surface area (TPSA) is 63.6 Å². The molecule has 0 heterocycles. The lowest BCUT2D eigenvalue weighted by atomic mass is 10.1. The van der Waals surface area contributed by atoms with Gasteiger partial charge in [-0.05, 0) is 31.3 Å². The van der Waals surface area contributed by atoms with Crippen LogP contribution in [0.3, 0.4) is 0 Å². The van der Waals surface area contributed by atoms with E-state index < -0.39 is 5.97 Å². The van der Waals surface area contributed by atoms with Gasteiger partial charge in [0.2, 0.25) is 0 Å². The number of carboxylic acid groups (broad SMARTS) is 1. The largest absolute Gasteiger partial charge is 0.481 e. The summed E-state index contributed by atoms with van der Waals surface area (Å²) < 4.78 is 5.27. The summed E-state index contributed by atoms with van der Waals surface area (Å²) in [5.74, 6) is -0.800. The maximum Gasteiger partial charge on any atom is 0.306 e. The molecule has 0 aliphatic heterocycles. The number of allylic oxidation sites excluding steroid dienone is 2. The highest BCUT2D eigenvalue weighted by Crippen LogP contribution is 2.12. The number of aliphatic carboxylic acids is 1. The van der Waals surface area contributed by atoms with Crippen molar-refractivity contribution in [3.63, 3.8) is 0 Å². The fourth-order valence-electron chi connectivity index (χ4n) is 2.62. The lowest BCUT2D eigenvalue weighted by molar-refractivity contribution is -0.142. The van der Waals surface area contributed by atoms with Gasteiger partial charge >= 0.3 is 11.9 Å². The molecule has 0 bridgehead atoms. The molecule has 0 aromatic carbocycles. The van der Waals surface area contributed by atoms with Crippen LogP contribution in [0.4, 0.5) is 0 Å². The molecule has 0 spiro atoms. The molecule has 1 aliphatic carbocycles. The van der Waals surface area contributed by atoms with E-state index in [-0.39, 0.29) is 12.4 Å². The van der Waals surface area contributed by atoms with Crippen molar-refractivity contribution in [1.82, 2.24) is 0 Å². The molecule has 0 atom stereocenters. The van der Waals surface area contributed by atoms with Crippen molar-refractivity contribution in [2.24, 2.45) is 0 Å². The van der Waals surface area contributed by atoms with Gasteiger partial charge < -0.3 is 9.84 Å². The Hall–Kier alpha value is -1.58. The van der Waals surface area contributed by atoms with Crippen LogP contribution in [0, 0.1) is 0 Å². The van der Waals surface area contributed by atoms with Crippen molar-refractivity contribution in [2.75, 3.05) is 6.61 Å². The Kier molecular flexibility index (Phi) is 16.2. The number of hydrogen-bond donors (Lipinski definition) is 1. The van der Waals surface area contributed by atoms with Crippen molar-refractivity contribution < 1.29 is 19.4 Å². The van der Waals surface area contributed by atoms with Gasteiger partial charge in [0.1, 0.15) is 6.61 Å². The first-order chi connectivity index (χ1) is 12.2. The maximum absolute atomic E-state index is 11.6. The average Bonchev–Trinajstić information content (AvgIpc) is 2.64. The number of carboxylic acids is 1. The van der Waals surface area contributed by atoms with E-state index in [9.17, 15) is 9.59 Å². The molecule has 4 heteroatoms. The predicted octanol–water partition coefficient (Wildman–Crippen LogP) is 5.82. The molecule has 1 rings (SSSR count). The summed E-state index contributed by atoms with van der Waals surface area (Å²) in [6, 6.07) is 0. The number of ether oxygens (including phenoxy) is 1. The second-order valence-corrected chi connectivity index (χ2v) is 6.14. The van der Waals surface area contributed by atoms with E-state index in [4.69, 9.17) is 9.84 Å². The van der Waals surface area contributed by atoms with Gasteiger partial charge in [-0.15, -0.1) is 0 Å². The van der Waals surface area contributed by atoms with E-state index in [2.05, 4.69) is 12.2 Å². The van der Waals surface area contributed by atoms with Crippen molar-refractivity contribution in [2.45, 2.75) is 90.9 Å². The van der Waals surface area contributed by atoms with Crippen LogP contribution in [0.1, 0.15) is 90.9 Å².